The molecule has 1 aromatic carbocycles. The van der Waals surface area contributed by atoms with Gasteiger partial charge in [0, 0.05) is 25.5 Å². The van der Waals surface area contributed by atoms with Crippen molar-refractivity contribution in [1.82, 2.24) is 15.1 Å². The van der Waals surface area contributed by atoms with Crippen molar-refractivity contribution in [2.45, 2.75) is 13.0 Å². The first-order valence-corrected chi connectivity index (χ1v) is 6.92. The molecular weight excluding hydrogens is 284 g/mol. The number of aromatic nitrogens is 2. The minimum Gasteiger partial charge on any atom is -0.483 e. The molecule has 7 heteroatoms. The summed E-state index contributed by atoms with van der Waals surface area (Å²) in [7, 11) is 0. The van der Waals surface area contributed by atoms with Gasteiger partial charge in [-0.05, 0) is 24.6 Å². The molecule has 2 amide bonds. The summed E-state index contributed by atoms with van der Waals surface area (Å²) < 4.78 is 7.04. The highest BCUT2D eigenvalue weighted by atomic mass is 16.5. The number of carbonyl (C=O) groups is 2. The van der Waals surface area contributed by atoms with Gasteiger partial charge in [-0.25, -0.2) is 0 Å². The Kier molecular flexibility index (Phi) is 5.53. The second-order valence-corrected chi connectivity index (χ2v) is 4.63. The van der Waals surface area contributed by atoms with Gasteiger partial charge in [-0.2, -0.15) is 5.10 Å². The maximum Gasteiger partial charge on any atom is 0.255 e. The average molecular weight is 302 g/mol. The Balaban J connectivity index is 1.84. The smallest absolute Gasteiger partial charge is 0.255 e. The Morgan fingerprint density at radius 3 is 2.82 bits per heavy atom. The van der Waals surface area contributed by atoms with E-state index in [9.17, 15) is 9.59 Å². The van der Waals surface area contributed by atoms with Gasteiger partial charge in [0.2, 0.25) is 0 Å². The fourth-order valence-electron chi connectivity index (χ4n) is 1.90. The monoisotopic (exact) mass is 302 g/mol. The predicted octanol–water partition coefficient (Wildman–Crippen LogP) is 0.567. The van der Waals surface area contributed by atoms with Crippen LogP contribution in [0.4, 0.5) is 0 Å². The van der Waals surface area contributed by atoms with Crippen molar-refractivity contribution in [1.29, 1.82) is 0 Å². The molecule has 1 heterocycles. The summed E-state index contributed by atoms with van der Waals surface area (Å²) in [5, 5.41) is 6.90. The number of primary amides is 1. The SMILES string of the molecule is NC(=O)COc1ccccc1C(=O)NCCCn1cccn1. The van der Waals surface area contributed by atoms with Gasteiger partial charge in [0.25, 0.3) is 11.8 Å². The number of hydrogen-bond acceptors (Lipinski definition) is 4. The molecule has 0 unspecified atom stereocenters. The van der Waals surface area contributed by atoms with E-state index in [1.807, 2.05) is 12.3 Å². The first kappa shape index (κ1) is 15.6. The van der Waals surface area contributed by atoms with Crippen molar-refractivity contribution in [3.63, 3.8) is 0 Å². The van der Waals surface area contributed by atoms with E-state index in [1.54, 1.807) is 35.1 Å². The molecule has 116 valence electrons. The topological polar surface area (TPSA) is 99.2 Å². The summed E-state index contributed by atoms with van der Waals surface area (Å²) in [6.07, 6.45) is 4.34. The summed E-state index contributed by atoms with van der Waals surface area (Å²) in [5.41, 5.74) is 5.42. The second-order valence-electron chi connectivity index (χ2n) is 4.63. The molecular formula is C15H18N4O3. The number of nitrogens with two attached hydrogens (primary N) is 1. The van der Waals surface area contributed by atoms with Crippen LogP contribution in [0.5, 0.6) is 5.75 Å². The second kappa shape index (κ2) is 7.82. The van der Waals surface area contributed by atoms with Crippen LogP contribution in [-0.4, -0.2) is 34.7 Å². The lowest BCUT2D eigenvalue weighted by atomic mass is 10.2. The molecule has 3 N–H and O–H groups in total. The third kappa shape index (κ3) is 4.62. The van der Waals surface area contributed by atoms with Crippen LogP contribution in [0.2, 0.25) is 0 Å². The van der Waals surface area contributed by atoms with E-state index in [0.717, 1.165) is 13.0 Å². The number of amides is 2. The van der Waals surface area contributed by atoms with Gasteiger partial charge in [0.15, 0.2) is 6.61 Å². The number of aryl methyl sites for hydroxylation is 1. The third-order valence-electron chi connectivity index (χ3n) is 2.91. The van der Waals surface area contributed by atoms with Crippen molar-refractivity contribution in [2.75, 3.05) is 13.2 Å². The molecule has 0 atom stereocenters. The van der Waals surface area contributed by atoms with Gasteiger partial charge < -0.3 is 15.8 Å². The lowest BCUT2D eigenvalue weighted by molar-refractivity contribution is -0.119. The third-order valence-corrected chi connectivity index (χ3v) is 2.91. The first-order valence-electron chi connectivity index (χ1n) is 6.92. The summed E-state index contributed by atoms with van der Waals surface area (Å²) in [5.74, 6) is -0.499. The Morgan fingerprint density at radius 1 is 1.27 bits per heavy atom. The molecule has 0 spiro atoms. The van der Waals surface area contributed by atoms with Crippen LogP contribution in [0.25, 0.3) is 0 Å². The van der Waals surface area contributed by atoms with E-state index in [0.29, 0.717) is 17.9 Å². The molecule has 1 aromatic heterocycles. The lowest BCUT2D eigenvalue weighted by Gasteiger charge is -2.10. The van der Waals surface area contributed by atoms with E-state index < -0.39 is 5.91 Å². The summed E-state index contributed by atoms with van der Waals surface area (Å²) >= 11 is 0. The van der Waals surface area contributed by atoms with Crippen LogP contribution in [-0.2, 0) is 11.3 Å². The maximum absolute atomic E-state index is 12.1. The summed E-state index contributed by atoms with van der Waals surface area (Å²) in [4.78, 5) is 22.9. The highest BCUT2D eigenvalue weighted by Crippen LogP contribution is 2.17. The molecule has 0 saturated carbocycles. The number of ether oxygens (including phenoxy) is 1. The highest BCUT2D eigenvalue weighted by molar-refractivity contribution is 5.97. The molecule has 0 aliphatic carbocycles. The normalized spacial score (nSPS) is 10.2. The van der Waals surface area contributed by atoms with Gasteiger partial charge in [0.1, 0.15) is 5.75 Å². The van der Waals surface area contributed by atoms with Crippen LogP contribution >= 0.6 is 0 Å². The van der Waals surface area contributed by atoms with Gasteiger partial charge in [0.05, 0.1) is 5.56 Å². The van der Waals surface area contributed by atoms with E-state index in [2.05, 4.69) is 10.4 Å². The van der Waals surface area contributed by atoms with Crippen molar-refractivity contribution < 1.29 is 14.3 Å². The molecule has 2 rings (SSSR count). The van der Waals surface area contributed by atoms with Gasteiger partial charge >= 0.3 is 0 Å². The van der Waals surface area contributed by atoms with Crippen molar-refractivity contribution in [3.8, 4) is 5.75 Å². The standard InChI is InChI=1S/C15H18N4O3/c16-14(20)11-22-13-6-2-1-5-12(13)15(21)17-7-3-9-19-10-4-8-18-19/h1-2,4-6,8,10H,3,7,9,11H2,(H2,16,20)(H,17,21). The predicted molar refractivity (Wildman–Crippen MR) is 80.3 cm³/mol. The van der Waals surface area contributed by atoms with Gasteiger partial charge in [-0.1, -0.05) is 12.1 Å². The minimum atomic E-state index is -0.588. The van der Waals surface area contributed by atoms with Crippen molar-refractivity contribution in [3.05, 3.63) is 48.3 Å². The molecule has 7 nitrogen and oxygen atoms in total. The number of nitrogens with zero attached hydrogens (tertiary/aromatic N) is 2. The van der Waals surface area contributed by atoms with E-state index in [1.165, 1.54) is 0 Å². The Labute approximate surface area is 128 Å². The van der Waals surface area contributed by atoms with Crippen LogP contribution in [0, 0.1) is 0 Å². The molecule has 0 fully saturated rings. The number of rotatable bonds is 8. The zero-order valence-electron chi connectivity index (χ0n) is 12.1. The number of para-hydroxylation sites is 1. The summed E-state index contributed by atoms with van der Waals surface area (Å²) in [6, 6.07) is 8.58. The quantitative estimate of drug-likeness (QED) is 0.696. The first-order chi connectivity index (χ1) is 10.7. The highest BCUT2D eigenvalue weighted by Gasteiger charge is 2.12. The minimum absolute atomic E-state index is 0.250. The fourth-order valence-corrected chi connectivity index (χ4v) is 1.90. The van der Waals surface area contributed by atoms with Crippen LogP contribution in [0.15, 0.2) is 42.7 Å². The Morgan fingerprint density at radius 2 is 2.09 bits per heavy atom. The van der Waals surface area contributed by atoms with Gasteiger partial charge in [-0.3, -0.25) is 14.3 Å². The molecule has 22 heavy (non-hydrogen) atoms. The largest absolute Gasteiger partial charge is 0.483 e. The average Bonchev–Trinajstić information content (AvgIpc) is 3.03. The summed E-state index contributed by atoms with van der Waals surface area (Å²) in [6.45, 7) is 0.986. The molecule has 0 saturated heterocycles. The number of nitrogens with one attached hydrogen (secondary N) is 1. The molecule has 0 aliphatic rings. The van der Waals surface area contributed by atoms with E-state index in [-0.39, 0.29) is 12.5 Å². The fraction of sp³-hybridized carbons (Fsp3) is 0.267. The Bertz CT molecular complexity index is 625. The number of carbonyl (C=O) groups excluding carboxylic acids is 2. The molecule has 0 radical (unpaired) electrons. The van der Waals surface area contributed by atoms with Crippen LogP contribution in [0.1, 0.15) is 16.8 Å². The lowest BCUT2D eigenvalue weighted by Crippen LogP contribution is -2.26. The van der Waals surface area contributed by atoms with E-state index in [4.69, 9.17) is 10.5 Å². The van der Waals surface area contributed by atoms with Crippen molar-refractivity contribution in [2.24, 2.45) is 5.73 Å². The molecule has 2 aromatic rings. The zero-order valence-corrected chi connectivity index (χ0v) is 12.1. The zero-order chi connectivity index (χ0) is 15.8. The van der Waals surface area contributed by atoms with Crippen LogP contribution in [0.3, 0.4) is 0 Å². The number of benzene rings is 1. The van der Waals surface area contributed by atoms with Gasteiger partial charge in [-0.15, -0.1) is 0 Å². The molecule has 0 aliphatic heterocycles. The van der Waals surface area contributed by atoms with E-state index >= 15 is 0 Å². The maximum atomic E-state index is 12.1. The number of hydrogen-bond donors (Lipinski definition) is 2. The van der Waals surface area contributed by atoms with Crippen molar-refractivity contribution >= 4 is 11.8 Å². The Hall–Kier alpha value is -2.83. The van der Waals surface area contributed by atoms with Crippen LogP contribution < -0.4 is 15.8 Å². The molecule has 0 bridgehead atoms.